The Hall–Kier alpha value is -1.64. The van der Waals surface area contributed by atoms with Gasteiger partial charge in [0, 0.05) is 12.2 Å². The maximum absolute atomic E-state index is 11.6. The summed E-state index contributed by atoms with van der Waals surface area (Å²) in [5.41, 5.74) is -0.765. The molecule has 0 heterocycles. The van der Waals surface area contributed by atoms with Crippen LogP contribution < -0.4 is 0 Å². The second-order valence-electron chi connectivity index (χ2n) is 5.14. The van der Waals surface area contributed by atoms with E-state index in [-0.39, 0.29) is 12.2 Å². The van der Waals surface area contributed by atoms with Crippen molar-refractivity contribution in [1.29, 1.82) is 0 Å². The fourth-order valence-electron chi connectivity index (χ4n) is 0.915. The van der Waals surface area contributed by atoms with Gasteiger partial charge < -0.3 is 19.3 Å². The van der Waals surface area contributed by atoms with Crippen LogP contribution in [0.4, 0.5) is 4.79 Å². The highest BCUT2D eigenvalue weighted by molar-refractivity contribution is 5.87. The van der Waals surface area contributed by atoms with Crippen LogP contribution in [0.15, 0.2) is 12.2 Å². The van der Waals surface area contributed by atoms with Crippen LogP contribution >= 0.6 is 0 Å². The van der Waals surface area contributed by atoms with Crippen molar-refractivity contribution in [2.45, 2.75) is 46.2 Å². The zero-order valence-electron chi connectivity index (χ0n) is 12.9. The molecule has 0 saturated carbocycles. The molecule has 0 bridgehead atoms. The van der Waals surface area contributed by atoms with Gasteiger partial charge in [0.1, 0.15) is 0 Å². The van der Waals surface area contributed by atoms with Gasteiger partial charge in [0.05, 0.1) is 5.60 Å². The molecular formula is C13H22O8. The molecule has 8 heteroatoms. The Morgan fingerprint density at radius 2 is 1.71 bits per heavy atom. The first-order valence-electron chi connectivity index (χ1n) is 6.26. The Balaban J connectivity index is 5.23. The van der Waals surface area contributed by atoms with Crippen LogP contribution in [0.2, 0.25) is 0 Å². The number of ether oxygens (including phenoxy) is 3. The summed E-state index contributed by atoms with van der Waals surface area (Å²) in [6.07, 6.45) is -1.72. The second-order valence-corrected chi connectivity index (χ2v) is 5.14. The van der Waals surface area contributed by atoms with E-state index in [1.807, 2.05) is 0 Å². The number of hydrogen-bond acceptors (Lipinski definition) is 7. The van der Waals surface area contributed by atoms with E-state index in [4.69, 9.17) is 24.4 Å². The maximum atomic E-state index is 11.6. The van der Waals surface area contributed by atoms with E-state index in [1.54, 1.807) is 27.7 Å². The Bertz CT molecular complexity index is 384. The highest BCUT2D eigenvalue weighted by atomic mass is 17.3. The molecule has 0 aliphatic rings. The van der Waals surface area contributed by atoms with Crippen molar-refractivity contribution in [3.8, 4) is 0 Å². The molecule has 0 fully saturated rings. The quantitative estimate of drug-likeness (QED) is 0.239. The Labute approximate surface area is 123 Å². The SMILES string of the molecule is C=C(C)C(=O)OC(COCC)(OOC(C)(C)C)OC(=O)O. The standard InChI is InChI=1S/C13H22O8/c1-7-17-8-13(19-11(15)16,18-10(14)9(2)3)21-20-12(4,5)6/h2,7-8H2,1,3-6H3,(H,15,16). The monoisotopic (exact) mass is 306 g/mol. The predicted molar refractivity (Wildman–Crippen MR) is 71.2 cm³/mol. The van der Waals surface area contributed by atoms with E-state index in [0.717, 1.165) is 0 Å². The van der Waals surface area contributed by atoms with Gasteiger partial charge in [0.15, 0.2) is 6.61 Å². The number of carbonyl (C=O) groups excluding carboxylic acids is 1. The second kappa shape index (κ2) is 7.96. The summed E-state index contributed by atoms with van der Waals surface area (Å²) in [6.45, 7) is 11.1. The molecule has 0 saturated heterocycles. The lowest BCUT2D eigenvalue weighted by molar-refractivity contribution is -0.511. The van der Waals surface area contributed by atoms with Crippen LogP contribution in [0, 0.1) is 0 Å². The Morgan fingerprint density at radius 3 is 2.10 bits per heavy atom. The summed E-state index contributed by atoms with van der Waals surface area (Å²) >= 11 is 0. The van der Waals surface area contributed by atoms with Crippen LogP contribution in [-0.4, -0.2) is 42.0 Å². The molecular weight excluding hydrogens is 284 g/mol. The lowest BCUT2D eigenvalue weighted by Crippen LogP contribution is -2.48. The third-order valence-electron chi connectivity index (χ3n) is 1.74. The zero-order valence-corrected chi connectivity index (χ0v) is 12.9. The fourth-order valence-corrected chi connectivity index (χ4v) is 0.915. The molecule has 1 unspecified atom stereocenters. The van der Waals surface area contributed by atoms with Gasteiger partial charge in [-0.05, 0) is 34.6 Å². The van der Waals surface area contributed by atoms with Gasteiger partial charge in [0.2, 0.25) is 0 Å². The highest BCUT2D eigenvalue weighted by Gasteiger charge is 2.44. The summed E-state index contributed by atoms with van der Waals surface area (Å²) in [5.74, 6) is -3.28. The number of rotatable bonds is 8. The zero-order chi connectivity index (χ0) is 16.7. The number of esters is 1. The van der Waals surface area contributed by atoms with Gasteiger partial charge in [-0.1, -0.05) is 6.58 Å². The van der Waals surface area contributed by atoms with Crippen LogP contribution in [0.3, 0.4) is 0 Å². The molecule has 0 radical (unpaired) electrons. The van der Waals surface area contributed by atoms with Crippen molar-refractivity contribution in [2.24, 2.45) is 0 Å². The van der Waals surface area contributed by atoms with Crippen LogP contribution in [0.1, 0.15) is 34.6 Å². The third-order valence-corrected chi connectivity index (χ3v) is 1.74. The summed E-state index contributed by atoms with van der Waals surface area (Å²) in [4.78, 5) is 32.4. The van der Waals surface area contributed by atoms with E-state index < -0.39 is 30.3 Å². The Morgan fingerprint density at radius 1 is 1.14 bits per heavy atom. The summed E-state index contributed by atoms with van der Waals surface area (Å²) in [6, 6.07) is 0. The largest absolute Gasteiger partial charge is 0.511 e. The van der Waals surface area contributed by atoms with Gasteiger partial charge in [-0.25, -0.2) is 14.5 Å². The number of hydrogen-bond donors (Lipinski definition) is 1. The van der Waals surface area contributed by atoms with Gasteiger partial charge in [-0.15, -0.1) is 4.89 Å². The third kappa shape index (κ3) is 8.28. The van der Waals surface area contributed by atoms with E-state index in [9.17, 15) is 9.59 Å². The molecule has 21 heavy (non-hydrogen) atoms. The van der Waals surface area contributed by atoms with Crippen molar-refractivity contribution in [1.82, 2.24) is 0 Å². The predicted octanol–water partition coefficient (Wildman–Crippen LogP) is 2.24. The van der Waals surface area contributed by atoms with Crippen molar-refractivity contribution in [2.75, 3.05) is 13.2 Å². The van der Waals surface area contributed by atoms with Gasteiger partial charge in [-0.3, -0.25) is 0 Å². The van der Waals surface area contributed by atoms with E-state index >= 15 is 0 Å². The molecule has 122 valence electrons. The first-order valence-corrected chi connectivity index (χ1v) is 6.26. The summed E-state index contributed by atoms with van der Waals surface area (Å²) in [7, 11) is 0. The van der Waals surface area contributed by atoms with Crippen LogP contribution in [0.5, 0.6) is 0 Å². The van der Waals surface area contributed by atoms with Crippen molar-refractivity contribution in [3.63, 3.8) is 0 Å². The molecule has 0 spiro atoms. The number of carbonyl (C=O) groups is 2. The average Bonchev–Trinajstić information content (AvgIpc) is 2.32. The molecule has 0 aromatic rings. The minimum Gasteiger partial charge on any atom is -0.450 e. The molecule has 0 aliphatic heterocycles. The maximum Gasteiger partial charge on any atom is 0.511 e. The topological polar surface area (TPSA) is 101 Å². The minimum absolute atomic E-state index is 0.0317. The fraction of sp³-hybridized carbons (Fsp3) is 0.692. The summed E-state index contributed by atoms with van der Waals surface area (Å²) < 4.78 is 14.5. The van der Waals surface area contributed by atoms with Gasteiger partial charge in [-0.2, -0.15) is 0 Å². The minimum atomic E-state index is -2.37. The molecule has 1 N–H and O–H groups in total. The first-order chi connectivity index (χ1) is 9.51. The van der Waals surface area contributed by atoms with E-state index in [1.165, 1.54) is 6.92 Å². The first kappa shape index (κ1) is 19.4. The molecule has 1 atom stereocenters. The lowest BCUT2D eigenvalue weighted by Gasteiger charge is -2.31. The van der Waals surface area contributed by atoms with Gasteiger partial charge in [0.25, 0.3) is 0 Å². The molecule has 0 aliphatic carbocycles. The van der Waals surface area contributed by atoms with Crippen molar-refractivity contribution >= 4 is 12.1 Å². The van der Waals surface area contributed by atoms with E-state index in [2.05, 4.69) is 11.3 Å². The molecule has 0 rings (SSSR count). The van der Waals surface area contributed by atoms with Crippen molar-refractivity contribution in [3.05, 3.63) is 12.2 Å². The molecule has 8 nitrogen and oxygen atoms in total. The van der Waals surface area contributed by atoms with Gasteiger partial charge >= 0.3 is 18.1 Å². The Kier molecular flexibility index (Phi) is 7.34. The normalized spacial score (nSPS) is 14.1. The average molecular weight is 306 g/mol. The lowest BCUT2D eigenvalue weighted by atomic mass is 10.2. The molecule has 0 aromatic carbocycles. The van der Waals surface area contributed by atoms with Crippen molar-refractivity contribution < 1.29 is 38.7 Å². The van der Waals surface area contributed by atoms with Crippen LogP contribution in [-0.2, 0) is 28.8 Å². The highest BCUT2D eigenvalue weighted by Crippen LogP contribution is 2.22. The molecule has 0 aromatic heterocycles. The number of carboxylic acid groups (broad SMARTS) is 1. The summed E-state index contributed by atoms with van der Waals surface area (Å²) in [5, 5.41) is 8.80. The molecule has 0 amide bonds. The van der Waals surface area contributed by atoms with Crippen LogP contribution in [0.25, 0.3) is 0 Å². The smallest absolute Gasteiger partial charge is 0.450 e. The van der Waals surface area contributed by atoms with E-state index in [0.29, 0.717) is 0 Å².